The largest absolute Gasteiger partial charge is 0.306 e. The van der Waals surface area contributed by atoms with Crippen molar-refractivity contribution in [2.75, 3.05) is 33.7 Å². The standard InChI is InChI=1S/C13H21N3O4S2/c1-10-12(16(17)18)8-13(21-10)22(19,20)15(3)9-11-4-6-14(2)7-5-11/h8,11H,4-7,9H2,1-3H3. The van der Waals surface area contributed by atoms with E-state index in [9.17, 15) is 18.5 Å². The van der Waals surface area contributed by atoms with Gasteiger partial charge in [-0.25, -0.2) is 8.42 Å². The van der Waals surface area contributed by atoms with Gasteiger partial charge in [0.25, 0.3) is 15.7 Å². The lowest BCUT2D eigenvalue weighted by atomic mass is 9.97. The van der Waals surface area contributed by atoms with Crippen LogP contribution in [0.3, 0.4) is 0 Å². The molecule has 124 valence electrons. The van der Waals surface area contributed by atoms with Gasteiger partial charge in [0.2, 0.25) is 0 Å². The third kappa shape index (κ3) is 3.65. The van der Waals surface area contributed by atoms with E-state index < -0.39 is 14.9 Å². The van der Waals surface area contributed by atoms with Gasteiger partial charge in [-0.05, 0) is 45.8 Å². The van der Waals surface area contributed by atoms with Crippen molar-refractivity contribution in [1.82, 2.24) is 9.21 Å². The van der Waals surface area contributed by atoms with Crippen LogP contribution >= 0.6 is 11.3 Å². The summed E-state index contributed by atoms with van der Waals surface area (Å²) >= 11 is 0.961. The van der Waals surface area contributed by atoms with Gasteiger partial charge in [0, 0.05) is 19.7 Å². The molecule has 0 spiro atoms. The zero-order valence-corrected chi connectivity index (χ0v) is 14.6. The molecule has 0 amide bonds. The Bertz CT molecular complexity index is 648. The number of thiophene rings is 1. The lowest BCUT2D eigenvalue weighted by Crippen LogP contribution is -2.37. The number of hydrogen-bond donors (Lipinski definition) is 0. The topological polar surface area (TPSA) is 83.8 Å². The molecule has 9 heteroatoms. The molecule has 0 bridgehead atoms. The molecule has 0 N–H and O–H groups in total. The maximum Gasteiger partial charge on any atom is 0.284 e. The molecule has 1 aromatic heterocycles. The molecule has 0 saturated carbocycles. The van der Waals surface area contributed by atoms with Crippen molar-refractivity contribution in [1.29, 1.82) is 0 Å². The summed E-state index contributed by atoms with van der Waals surface area (Å²) in [4.78, 5) is 13.0. The summed E-state index contributed by atoms with van der Waals surface area (Å²) in [6.07, 6.45) is 1.94. The van der Waals surface area contributed by atoms with Crippen LogP contribution in [0.15, 0.2) is 10.3 Å². The quantitative estimate of drug-likeness (QED) is 0.600. The van der Waals surface area contributed by atoms with Crippen LogP contribution in [0, 0.1) is 23.0 Å². The van der Waals surface area contributed by atoms with E-state index in [0.29, 0.717) is 17.3 Å². The molecule has 1 fully saturated rings. The number of nitrogens with zero attached hydrogens (tertiary/aromatic N) is 3. The SMILES string of the molecule is Cc1sc(S(=O)(=O)N(C)CC2CCN(C)CC2)cc1[N+](=O)[O-]. The first-order valence-corrected chi connectivity index (χ1v) is 9.37. The fraction of sp³-hybridized carbons (Fsp3) is 0.692. The molecule has 0 aliphatic carbocycles. The number of aryl methyl sites for hydroxylation is 1. The van der Waals surface area contributed by atoms with Crippen LogP contribution in [0.4, 0.5) is 5.69 Å². The lowest BCUT2D eigenvalue weighted by Gasteiger charge is -2.31. The number of hydrogen-bond acceptors (Lipinski definition) is 6. The number of likely N-dealkylation sites (tertiary alicyclic amines) is 1. The number of rotatable bonds is 5. The van der Waals surface area contributed by atoms with Crippen LogP contribution in [0.25, 0.3) is 0 Å². The van der Waals surface area contributed by atoms with Gasteiger partial charge in [0.15, 0.2) is 0 Å². The third-order valence-electron chi connectivity index (χ3n) is 4.08. The highest BCUT2D eigenvalue weighted by atomic mass is 32.2. The van der Waals surface area contributed by atoms with Crippen molar-refractivity contribution in [3.05, 3.63) is 21.1 Å². The smallest absolute Gasteiger partial charge is 0.284 e. The monoisotopic (exact) mass is 347 g/mol. The van der Waals surface area contributed by atoms with Crippen molar-refractivity contribution < 1.29 is 13.3 Å². The average molecular weight is 347 g/mol. The molecule has 1 aliphatic rings. The molecular formula is C13H21N3O4S2. The fourth-order valence-corrected chi connectivity index (χ4v) is 5.48. The Kier molecular flexibility index (Phi) is 5.21. The summed E-state index contributed by atoms with van der Waals surface area (Å²) in [5, 5.41) is 10.9. The summed E-state index contributed by atoms with van der Waals surface area (Å²) in [5.74, 6) is 0.340. The van der Waals surface area contributed by atoms with Crippen LogP contribution in [0.1, 0.15) is 17.7 Å². The Morgan fingerprint density at radius 3 is 2.55 bits per heavy atom. The second-order valence-electron chi connectivity index (χ2n) is 5.80. The second-order valence-corrected chi connectivity index (χ2v) is 9.32. The molecule has 0 aromatic carbocycles. The molecule has 0 radical (unpaired) electrons. The summed E-state index contributed by atoms with van der Waals surface area (Å²) in [5.41, 5.74) is -0.128. The molecule has 7 nitrogen and oxygen atoms in total. The Morgan fingerprint density at radius 1 is 1.45 bits per heavy atom. The lowest BCUT2D eigenvalue weighted by molar-refractivity contribution is -0.385. The Hall–Kier alpha value is -1.03. The van der Waals surface area contributed by atoms with E-state index in [4.69, 9.17) is 0 Å². The van der Waals surface area contributed by atoms with Crippen molar-refractivity contribution in [3.63, 3.8) is 0 Å². The van der Waals surface area contributed by atoms with Crippen LogP contribution in [-0.2, 0) is 10.0 Å². The average Bonchev–Trinajstić information content (AvgIpc) is 2.84. The van der Waals surface area contributed by atoms with Gasteiger partial charge >= 0.3 is 0 Å². The maximum absolute atomic E-state index is 12.6. The molecular weight excluding hydrogens is 326 g/mol. The predicted molar refractivity (Wildman–Crippen MR) is 85.7 cm³/mol. The summed E-state index contributed by atoms with van der Waals surface area (Å²) < 4.78 is 26.5. The van der Waals surface area contributed by atoms with Gasteiger partial charge in [0.05, 0.1) is 9.80 Å². The van der Waals surface area contributed by atoms with Crippen molar-refractivity contribution in [2.45, 2.75) is 24.0 Å². The number of piperidine rings is 1. The van der Waals surface area contributed by atoms with Crippen molar-refractivity contribution in [2.24, 2.45) is 5.92 Å². The van der Waals surface area contributed by atoms with Crippen LogP contribution in [0.5, 0.6) is 0 Å². The molecule has 1 saturated heterocycles. The van der Waals surface area contributed by atoms with E-state index >= 15 is 0 Å². The fourth-order valence-electron chi connectivity index (χ4n) is 2.61. The highest BCUT2D eigenvalue weighted by Crippen LogP contribution is 2.33. The Labute approximate surface area is 134 Å². The molecule has 0 unspecified atom stereocenters. The number of nitro groups is 1. The highest BCUT2D eigenvalue weighted by molar-refractivity contribution is 7.91. The van der Waals surface area contributed by atoms with Gasteiger partial charge in [-0.1, -0.05) is 0 Å². The summed E-state index contributed by atoms with van der Waals surface area (Å²) in [6.45, 7) is 3.98. The van der Waals surface area contributed by atoms with E-state index in [-0.39, 0.29) is 9.90 Å². The zero-order chi connectivity index (χ0) is 16.5. The van der Waals surface area contributed by atoms with Gasteiger partial charge in [-0.2, -0.15) is 4.31 Å². The molecule has 22 heavy (non-hydrogen) atoms. The normalized spacial score (nSPS) is 18.0. The number of sulfonamides is 1. The van der Waals surface area contributed by atoms with Gasteiger partial charge in [0.1, 0.15) is 4.21 Å². The van der Waals surface area contributed by atoms with E-state index in [2.05, 4.69) is 11.9 Å². The van der Waals surface area contributed by atoms with E-state index in [1.165, 1.54) is 10.4 Å². The first kappa shape index (κ1) is 17.3. The third-order valence-corrected chi connectivity index (χ3v) is 7.40. The minimum absolute atomic E-state index is 0.0483. The van der Waals surface area contributed by atoms with E-state index in [1.807, 2.05) is 0 Å². The van der Waals surface area contributed by atoms with Gasteiger partial charge < -0.3 is 4.90 Å². The second kappa shape index (κ2) is 6.61. The molecule has 2 rings (SSSR count). The minimum Gasteiger partial charge on any atom is -0.306 e. The first-order valence-electron chi connectivity index (χ1n) is 7.11. The Morgan fingerprint density at radius 2 is 2.05 bits per heavy atom. The zero-order valence-electron chi connectivity index (χ0n) is 13.0. The maximum atomic E-state index is 12.6. The van der Waals surface area contributed by atoms with E-state index in [0.717, 1.165) is 37.3 Å². The molecule has 1 aliphatic heterocycles. The minimum atomic E-state index is -3.65. The van der Waals surface area contributed by atoms with Gasteiger partial charge in [-0.3, -0.25) is 10.1 Å². The van der Waals surface area contributed by atoms with Crippen molar-refractivity contribution >= 4 is 27.0 Å². The van der Waals surface area contributed by atoms with E-state index in [1.54, 1.807) is 14.0 Å². The van der Waals surface area contributed by atoms with Crippen LogP contribution < -0.4 is 0 Å². The van der Waals surface area contributed by atoms with Gasteiger partial charge in [-0.15, -0.1) is 11.3 Å². The van der Waals surface area contributed by atoms with Crippen LogP contribution in [0.2, 0.25) is 0 Å². The molecule has 1 aromatic rings. The van der Waals surface area contributed by atoms with Crippen molar-refractivity contribution in [3.8, 4) is 0 Å². The Balaban J connectivity index is 2.12. The molecule has 2 heterocycles. The summed E-state index contributed by atoms with van der Waals surface area (Å²) in [7, 11) is -0.0434. The highest BCUT2D eigenvalue weighted by Gasteiger charge is 2.29. The predicted octanol–water partition coefficient (Wildman–Crippen LogP) is 1.93. The van der Waals surface area contributed by atoms with Crippen LogP contribution in [-0.4, -0.2) is 56.3 Å². The first-order chi connectivity index (χ1) is 10.2. The molecule has 0 atom stereocenters. The summed E-state index contributed by atoms with van der Waals surface area (Å²) in [6, 6.07) is 1.17.